The molecule has 1 aliphatic heterocycles. The number of fused-ring (bicyclic) bond motifs is 1. The summed E-state index contributed by atoms with van der Waals surface area (Å²) in [4.78, 5) is 15.7. The molecule has 7 nitrogen and oxygen atoms in total. The molecule has 3 aromatic rings. The van der Waals surface area contributed by atoms with Crippen molar-refractivity contribution < 1.29 is 4.74 Å². The molecule has 27 heavy (non-hydrogen) atoms. The first kappa shape index (κ1) is 17.7. The molecule has 1 fully saturated rings. The van der Waals surface area contributed by atoms with Gasteiger partial charge in [0.1, 0.15) is 0 Å². The van der Waals surface area contributed by atoms with Gasteiger partial charge in [0.25, 0.3) is 0 Å². The van der Waals surface area contributed by atoms with Crippen LogP contribution in [0.5, 0.6) is 5.88 Å². The van der Waals surface area contributed by atoms with E-state index in [0.29, 0.717) is 18.4 Å². The summed E-state index contributed by atoms with van der Waals surface area (Å²) in [5.74, 6) is 2.02. The number of nitrogens with zero attached hydrogens (tertiary/aromatic N) is 6. The molecule has 4 heterocycles. The van der Waals surface area contributed by atoms with Gasteiger partial charge in [-0.1, -0.05) is 6.92 Å². The van der Waals surface area contributed by atoms with Gasteiger partial charge in [-0.05, 0) is 50.7 Å². The predicted octanol–water partition coefficient (Wildman–Crippen LogP) is 2.99. The lowest BCUT2D eigenvalue weighted by Crippen LogP contribution is -2.36. The normalized spacial score (nSPS) is 15.4. The Morgan fingerprint density at radius 2 is 1.85 bits per heavy atom. The Hall–Kier alpha value is -2.70. The molecule has 0 aromatic carbocycles. The van der Waals surface area contributed by atoms with E-state index in [1.807, 2.05) is 42.9 Å². The molecular formula is C20H26N6O. The highest BCUT2D eigenvalue weighted by molar-refractivity contribution is 5.42. The number of piperidine rings is 1. The van der Waals surface area contributed by atoms with Gasteiger partial charge in [0.2, 0.25) is 11.8 Å². The molecule has 0 unspecified atom stereocenters. The first-order valence-electron chi connectivity index (χ1n) is 9.65. The van der Waals surface area contributed by atoms with Crippen molar-refractivity contribution in [1.29, 1.82) is 0 Å². The van der Waals surface area contributed by atoms with Crippen molar-refractivity contribution in [3.8, 4) is 5.88 Å². The lowest BCUT2D eigenvalue weighted by atomic mass is 9.98. The number of aryl methyl sites for hydroxylation is 3. The smallest absolute Gasteiger partial charge is 0.231 e. The Morgan fingerprint density at radius 1 is 1.11 bits per heavy atom. The van der Waals surface area contributed by atoms with E-state index < -0.39 is 0 Å². The number of rotatable bonds is 5. The average Bonchev–Trinajstić information content (AvgIpc) is 3.00. The van der Waals surface area contributed by atoms with Crippen molar-refractivity contribution in [2.75, 3.05) is 24.6 Å². The van der Waals surface area contributed by atoms with Crippen molar-refractivity contribution in [2.24, 2.45) is 5.92 Å². The zero-order chi connectivity index (χ0) is 18.8. The van der Waals surface area contributed by atoms with Gasteiger partial charge < -0.3 is 9.64 Å². The summed E-state index contributed by atoms with van der Waals surface area (Å²) in [6.45, 7) is 8.76. The summed E-state index contributed by atoms with van der Waals surface area (Å²) >= 11 is 0. The summed E-state index contributed by atoms with van der Waals surface area (Å²) in [6, 6.07) is 3.86. The van der Waals surface area contributed by atoms with Crippen LogP contribution >= 0.6 is 0 Å². The number of hydrogen-bond acceptors (Lipinski definition) is 6. The number of imidazole rings is 1. The molecule has 0 saturated carbocycles. The molecule has 0 aliphatic carbocycles. The highest BCUT2D eigenvalue weighted by Crippen LogP contribution is 2.22. The van der Waals surface area contributed by atoms with Crippen molar-refractivity contribution in [3.63, 3.8) is 0 Å². The fraction of sp³-hybridized carbons (Fsp3) is 0.500. The Balaban J connectivity index is 1.32. The van der Waals surface area contributed by atoms with Crippen LogP contribution < -0.4 is 9.64 Å². The van der Waals surface area contributed by atoms with Crippen LogP contribution in [0.3, 0.4) is 0 Å². The van der Waals surface area contributed by atoms with Gasteiger partial charge in [0, 0.05) is 31.5 Å². The Morgan fingerprint density at radius 3 is 2.56 bits per heavy atom. The number of anilines is 1. The van der Waals surface area contributed by atoms with Crippen molar-refractivity contribution >= 4 is 11.6 Å². The van der Waals surface area contributed by atoms with E-state index >= 15 is 0 Å². The first-order valence-corrected chi connectivity index (χ1v) is 9.65. The Labute approximate surface area is 159 Å². The maximum absolute atomic E-state index is 5.98. The summed E-state index contributed by atoms with van der Waals surface area (Å²) in [5.41, 5.74) is 4.09. The van der Waals surface area contributed by atoms with Crippen LogP contribution in [0.1, 0.15) is 36.7 Å². The van der Waals surface area contributed by atoms with Crippen LogP contribution in [0, 0.1) is 19.8 Å². The van der Waals surface area contributed by atoms with Crippen molar-refractivity contribution in [2.45, 2.75) is 40.0 Å². The van der Waals surface area contributed by atoms with Crippen LogP contribution in [0.2, 0.25) is 0 Å². The maximum Gasteiger partial charge on any atom is 0.231 e. The average molecular weight is 366 g/mol. The van der Waals surface area contributed by atoms with Gasteiger partial charge in [0.15, 0.2) is 5.65 Å². The monoisotopic (exact) mass is 366 g/mol. The third-order valence-corrected chi connectivity index (χ3v) is 5.38. The second-order valence-electron chi connectivity index (χ2n) is 7.21. The lowest BCUT2D eigenvalue weighted by molar-refractivity contribution is 0.213. The van der Waals surface area contributed by atoms with Crippen LogP contribution in [0.15, 0.2) is 24.5 Å². The van der Waals surface area contributed by atoms with Crippen LogP contribution in [0.4, 0.5) is 5.95 Å². The largest absolute Gasteiger partial charge is 0.476 e. The molecule has 1 aliphatic rings. The summed E-state index contributed by atoms with van der Waals surface area (Å²) < 4.78 is 7.83. The van der Waals surface area contributed by atoms with Crippen LogP contribution in [-0.2, 0) is 6.42 Å². The van der Waals surface area contributed by atoms with E-state index in [1.165, 1.54) is 5.56 Å². The molecule has 0 radical (unpaired) electrons. The zero-order valence-corrected chi connectivity index (χ0v) is 16.2. The molecule has 0 N–H and O–H groups in total. The minimum absolute atomic E-state index is 0.527. The second kappa shape index (κ2) is 7.50. The molecule has 0 spiro atoms. The molecule has 0 bridgehead atoms. The summed E-state index contributed by atoms with van der Waals surface area (Å²) in [7, 11) is 0. The molecule has 3 aromatic heterocycles. The van der Waals surface area contributed by atoms with E-state index in [0.717, 1.165) is 55.3 Å². The van der Waals surface area contributed by atoms with E-state index in [2.05, 4.69) is 31.9 Å². The van der Waals surface area contributed by atoms with Gasteiger partial charge in [-0.3, -0.25) is 0 Å². The molecule has 0 atom stereocenters. The molecule has 1 saturated heterocycles. The maximum atomic E-state index is 5.98. The van der Waals surface area contributed by atoms with Crippen LogP contribution in [-0.4, -0.2) is 44.3 Å². The van der Waals surface area contributed by atoms with Gasteiger partial charge in [-0.2, -0.15) is 0 Å². The van der Waals surface area contributed by atoms with Crippen molar-refractivity contribution in [3.05, 3.63) is 41.5 Å². The quantitative estimate of drug-likeness (QED) is 0.691. The summed E-state index contributed by atoms with van der Waals surface area (Å²) in [6.07, 6.45) is 6.98. The molecule has 7 heteroatoms. The summed E-state index contributed by atoms with van der Waals surface area (Å²) in [5, 5.41) is 4.56. The first-order chi connectivity index (χ1) is 13.1. The van der Waals surface area contributed by atoms with E-state index in [9.17, 15) is 0 Å². The van der Waals surface area contributed by atoms with Gasteiger partial charge >= 0.3 is 0 Å². The Kier molecular flexibility index (Phi) is 4.92. The standard InChI is InChI=1S/C20H26N6O/c1-4-16-11-21-20(22-12-16)25-9-7-17(8-10-25)13-27-19-6-5-18-23-14(2)15(3)26(18)24-19/h5-6,11-12,17H,4,7-10,13H2,1-3H3. The third kappa shape index (κ3) is 3.72. The fourth-order valence-corrected chi connectivity index (χ4v) is 3.41. The van der Waals surface area contributed by atoms with Gasteiger partial charge in [0.05, 0.1) is 18.0 Å². The number of ether oxygens (including phenoxy) is 1. The zero-order valence-electron chi connectivity index (χ0n) is 16.2. The van der Waals surface area contributed by atoms with Crippen molar-refractivity contribution in [1.82, 2.24) is 24.6 Å². The van der Waals surface area contributed by atoms with E-state index in [4.69, 9.17) is 4.74 Å². The highest BCUT2D eigenvalue weighted by atomic mass is 16.5. The molecular weight excluding hydrogens is 340 g/mol. The van der Waals surface area contributed by atoms with Gasteiger partial charge in [-0.25, -0.2) is 19.5 Å². The second-order valence-corrected chi connectivity index (χ2v) is 7.21. The highest BCUT2D eigenvalue weighted by Gasteiger charge is 2.21. The molecule has 4 rings (SSSR count). The lowest BCUT2D eigenvalue weighted by Gasteiger charge is -2.31. The topological polar surface area (TPSA) is 68.4 Å². The predicted molar refractivity (Wildman–Crippen MR) is 104 cm³/mol. The SMILES string of the molecule is CCc1cnc(N2CCC(COc3ccc4nc(C)c(C)n4n3)CC2)nc1. The third-order valence-electron chi connectivity index (χ3n) is 5.38. The Bertz CT molecular complexity index is 912. The minimum atomic E-state index is 0.527. The van der Waals surface area contributed by atoms with E-state index in [1.54, 1.807) is 0 Å². The van der Waals surface area contributed by atoms with E-state index in [-0.39, 0.29) is 0 Å². The molecule has 0 amide bonds. The minimum Gasteiger partial charge on any atom is -0.476 e. The number of aromatic nitrogens is 5. The molecule has 142 valence electrons. The van der Waals surface area contributed by atoms with Crippen LogP contribution in [0.25, 0.3) is 5.65 Å². The number of hydrogen-bond donors (Lipinski definition) is 0. The fourth-order valence-electron chi connectivity index (χ4n) is 3.41. The van der Waals surface area contributed by atoms with Gasteiger partial charge in [-0.15, -0.1) is 5.10 Å².